The normalized spacial score (nSPS) is 13.4. The van der Waals surface area contributed by atoms with Crippen molar-refractivity contribution in [2.75, 3.05) is 32.0 Å². The van der Waals surface area contributed by atoms with Gasteiger partial charge in [0, 0.05) is 18.2 Å². The van der Waals surface area contributed by atoms with E-state index in [1.807, 2.05) is 6.26 Å². The minimum Gasteiger partial charge on any atom is -0.288 e. The molecule has 5 nitrogen and oxygen atoms in total. The van der Waals surface area contributed by atoms with E-state index >= 15 is 0 Å². The second-order valence-corrected chi connectivity index (χ2v) is 9.34. The molecule has 0 aliphatic carbocycles. The second kappa shape index (κ2) is 7.23. The monoisotopic (exact) mass is 307 g/mol. The highest BCUT2D eigenvalue weighted by Gasteiger charge is 2.16. The lowest BCUT2D eigenvalue weighted by Crippen LogP contribution is -2.14. The molecule has 0 aromatic carbocycles. The van der Waals surface area contributed by atoms with Gasteiger partial charge in [-0.2, -0.15) is 10.6 Å². The Morgan fingerprint density at radius 1 is 1.16 bits per heavy atom. The van der Waals surface area contributed by atoms with Gasteiger partial charge in [-0.15, -0.1) is 0 Å². The maximum absolute atomic E-state index is 12.0. The molecule has 0 aliphatic rings. The average Bonchev–Trinajstić information content (AvgIpc) is 2.39. The lowest BCUT2D eigenvalue weighted by atomic mass is 10.4. The molecule has 0 radical (unpaired) electrons. The number of nitrogens with zero attached hydrogens (tertiary/aromatic N) is 1. The Hall–Kier alpha value is -0.630. The first kappa shape index (κ1) is 16.4. The van der Waals surface area contributed by atoms with E-state index in [0.29, 0.717) is 17.9 Å². The molecule has 0 atom stereocenters. The summed E-state index contributed by atoms with van der Waals surface area (Å²) < 4.78 is 34.4. The zero-order valence-corrected chi connectivity index (χ0v) is 13.2. The number of hydrogen-bond acceptors (Lipinski definition) is 5. The smallest absolute Gasteiger partial charge is 0.156 e. The Bertz CT molecular complexity index is 472. The van der Waals surface area contributed by atoms with Gasteiger partial charge in [-0.25, -0.2) is 8.42 Å². The Morgan fingerprint density at radius 3 is 2.37 bits per heavy atom. The first-order valence-electron chi connectivity index (χ1n) is 5.88. The van der Waals surface area contributed by atoms with E-state index in [0.717, 1.165) is 0 Å². The number of sulfone groups is 1. The molecule has 19 heavy (non-hydrogen) atoms. The van der Waals surface area contributed by atoms with E-state index in [9.17, 15) is 8.42 Å². The third-order valence-corrected chi connectivity index (χ3v) is 6.86. The number of aromatic nitrogens is 1. The SMILES string of the molecule is COS(C)(CCCS(=O)(=O)Cc1ccccn1)OC. The lowest BCUT2D eigenvalue weighted by molar-refractivity contribution is 0.351. The standard InChI is InChI=1S/C12H21NO4S2/c1-16-18(3,17-2)9-6-10-19(14,15)11-12-7-4-5-8-13-12/h4-5,7-8H,6,9-11H2,1-3H3. The summed E-state index contributed by atoms with van der Waals surface area (Å²) in [6.07, 6.45) is 4.00. The Balaban J connectivity index is 2.48. The van der Waals surface area contributed by atoms with Crippen molar-refractivity contribution in [3.63, 3.8) is 0 Å². The first-order chi connectivity index (χ1) is 8.91. The van der Waals surface area contributed by atoms with Crippen molar-refractivity contribution < 1.29 is 16.8 Å². The molecule has 1 rings (SSSR count). The fraction of sp³-hybridized carbons (Fsp3) is 0.583. The Kier molecular flexibility index (Phi) is 6.25. The van der Waals surface area contributed by atoms with Crippen LogP contribution in [0.3, 0.4) is 0 Å². The first-order valence-corrected chi connectivity index (χ1v) is 9.76. The summed E-state index contributed by atoms with van der Waals surface area (Å²) in [5.74, 6) is 0.722. The Labute approximate surface area is 117 Å². The minimum atomic E-state index is -3.13. The number of rotatable bonds is 8. The second-order valence-electron chi connectivity index (χ2n) is 4.23. The summed E-state index contributed by atoms with van der Waals surface area (Å²) in [4.78, 5) is 4.03. The van der Waals surface area contributed by atoms with Crippen LogP contribution >= 0.6 is 10.6 Å². The van der Waals surface area contributed by atoms with Crippen molar-refractivity contribution in [1.82, 2.24) is 4.98 Å². The summed E-state index contributed by atoms with van der Waals surface area (Å²) in [7, 11) is -1.55. The van der Waals surface area contributed by atoms with Crippen LogP contribution in [-0.4, -0.2) is 45.4 Å². The fourth-order valence-electron chi connectivity index (χ4n) is 1.56. The van der Waals surface area contributed by atoms with Crippen LogP contribution in [0.2, 0.25) is 0 Å². The van der Waals surface area contributed by atoms with Crippen molar-refractivity contribution >= 4 is 20.4 Å². The molecule has 7 heteroatoms. The topological polar surface area (TPSA) is 65.5 Å². The third-order valence-electron chi connectivity index (χ3n) is 2.77. The van der Waals surface area contributed by atoms with E-state index in [-0.39, 0.29) is 11.5 Å². The summed E-state index contributed by atoms with van der Waals surface area (Å²) in [5.41, 5.74) is 0.580. The molecule has 0 unspecified atom stereocenters. The largest absolute Gasteiger partial charge is 0.288 e. The highest BCUT2D eigenvalue weighted by Crippen LogP contribution is 2.45. The van der Waals surface area contributed by atoms with E-state index < -0.39 is 20.4 Å². The van der Waals surface area contributed by atoms with Crippen LogP contribution in [-0.2, 0) is 24.0 Å². The highest BCUT2D eigenvalue weighted by molar-refractivity contribution is 8.25. The summed E-state index contributed by atoms with van der Waals surface area (Å²) >= 11 is 0. The molecule has 0 bridgehead atoms. The molecule has 1 aromatic heterocycles. The molecule has 1 heterocycles. The van der Waals surface area contributed by atoms with Crippen LogP contribution in [0, 0.1) is 0 Å². The molecule has 0 saturated carbocycles. The van der Waals surface area contributed by atoms with Gasteiger partial charge in [0.05, 0.1) is 31.4 Å². The average molecular weight is 307 g/mol. The van der Waals surface area contributed by atoms with Gasteiger partial charge in [0.2, 0.25) is 0 Å². The van der Waals surface area contributed by atoms with Crippen LogP contribution in [0.1, 0.15) is 12.1 Å². The van der Waals surface area contributed by atoms with Gasteiger partial charge in [0.1, 0.15) is 0 Å². The zero-order valence-electron chi connectivity index (χ0n) is 11.5. The van der Waals surface area contributed by atoms with Gasteiger partial charge in [0.25, 0.3) is 0 Å². The predicted octanol–water partition coefficient (Wildman–Crippen LogP) is 1.94. The van der Waals surface area contributed by atoms with Gasteiger partial charge in [0.15, 0.2) is 9.84 Å². The molecule has 0 spiro atoms. The number of pyridine rings is 1. The van der Waals surface area contributed by atoms with Gasteiger partial charge in [-0.05, 0) is 18.6 Å². The molecular weight excluding hydrogens is 286 g/mol. The molecule has 0 aliphatic heterocycles. The van der Waals surface area contributed by atoms with E-state index in [1.54, 1.807) is 38.6 Å². The number of hydrogen-bond donors (Lipinski definition) is 0. The van der Waals surface area contributed by atoms with Crippen molar-refractivity contribution in [3.05, 3.63) is 30.1 Å². The van der Waals surface area contributed by atoms with Gasteiger partial charge < -0.3 is 0 Å². The van der Waals surface area contributed by atoms with Crippen LogP contribution in [0.4, 0.5) is 0 Å². The third kappa shape index (κ3) is 5.90. The molecule has 0 amide bonds. The van der Waals surface area contributed by atoms with Crippen LogP contribution < -0.4 is 0 Å². The summed E-state index contributed by atoms with van der Waals surface area (Å²) in [5, 5.41) is 0. The van der Waals surface area contributed by atoms with Crippen LogP contribution in [0.25, 0.3) is 0 Å². The zero-order chi connectivity index (χ0) is 14.4. The molecule has 110 valence electrons. The summed E-state index contributed by atoms with van der Waals surface area (Å²) in [6.45, 7) is 0. The molecular formula is C12H21NO4S2. The maximum atomic E-state index is 12.0. The molecule has 0 fully saturated rings. The lowest BCUT2D eigenvalue weighted by Gasteiger charge is -2.36. The van der Waals surface area contributed by atoms with E-state index in [1.165, 1.54) is 0 Å². The van der Waals surface area contributed by atoms with Crippen molar-refractivity contribution in [2.24, 2.45) is 0 Å². The van der Waals surface area contributed by atoms with E-state index in [4.69, 9.17) is 8.37 Å². The molecule has 0 saturated heterocycles. The maximum Gasteiger partial charge on any atom is 0.156 e. The van der Waals surface area contributed by atoms with Crippen molar-refractivity contribution in [1.29, 1.82) is 0 Å². The van der Waals surface area contributed by atoms with Crippen LogP contribution in [0.15, 0.2) is 24.4 Å². The van der Waals surface area contributed by atoms with Gasteiger partial charge in [-0.3, -0.25) is 13.4 Å². The highest BCUT2D eigenvalue weighted by atomic mass is 32.3. The quantitative estimate of drug-likeness (QED) is 0.734. The molecule has 0 N–H and O–H groups in total. The van der Waals surface area contributed by atoms with E-state index in [2.05, 4.69) is 4.98 Å². The fourth-order valence-corrected chi connectivity index (χ4v) is 4.23. The van der Waals surface area contributed by atoms with Gasteiger partial charge >= 0.3 is 0 Å². The van der Waals surface area contributed by atoms with Gasteiger partial charge in [-0.1, -0.05) is 6.07 Å². The Morgan fingerprint density at radius 2 is 1.84 bits per heavy atom. The van der Waals surface area contributed by atoms with Crippen LogP contribution in [0.5, 0.6) is 0 Å². The minimum absolute atomic E-state index is 0.0140. The van der Waals surface area contributed by atoms with Crippen molar-refractivity contribution in [2.45, 2.75) is 12.2 Å². The summed E-state index contributed by atoms with van der Waals surface area (Å²) in [6, 6.07) is 5.27. The van der Waals surface area contributed by atoms with Crippen molar-refractivity contribution in [3.8, 4) is 0 Å². The molecule has 1 aromatic rings. The predicted molar refractivity (Wildman–Crippen MR) is 78.7 cm³/mol.